The highest BCUT2D eigenvalue weighted by Gasteiger charge is 2.22. The number of nitrogens with one attached hydrogen (secondary N) is 2. The van der Waals surface area contributed by atoms with Crippen molar-refractivity contribution >= 4 is 51.0 Å². The Balaban J connectivity index is 2.04. The Morgan fingerprint density at radius 3 is 1.76 bits per heavy atom. The summed E-state index contributed by atoms with van der Waals surface area (Å²) in [5.41, 5.74) is 0.403. The maximum absolute atomic E-state index is 12.5. The van der Waals surface area contributed by atoms with E-state index in [0.717, 1.165) is 0 Å². The molecule has 188 valence electrons. The van der Waals surface area contributed by atoms with Crippen LogP contribution in [0.1, 0.15) is 49.1 Å². The number of hydrogen-bond acceptors (Lipinski definition) is 6. The van der Waals surface area contributed by atoms with Crippen molar-refractivity contribution in [3.8, 4) is 11.5 Å². The largest absolute Gasteiger partial charge is 0.507 e. The fourth-order valence-electron chi connectivity index (χ4n) is 4.34. The van der Waals surface area contributed by atoms with Crippen LogP contribution in [0.3, 0.4) is 0 Å². The number of carbonyl (C=O) groups excluding carboxylic acids is 2. The van der Waals surface area contributed by atoms with Crippen molar-refractivity contribution in [1.29, 1.82) is 0 Å². The zero-order valence-electron chi connectivity index (χ0n) is 19.7. The molecule has 4 aromatic carbocycles. The summed E-state index contributed by atoms with van der Waals surface area (Å²) >= 11 is 0. The van der Waals surface area contributed by atoms with Crippen LogP contribution in [0.25, 0.3) is 21.5 Å². The van der Waals surface area contributed by atoms with Gasteiger partial charge >= 0.3 is 11.9 Å². The maximum atomic E-state index is 12.5. The quantitative estimate of drug-likeness (QED) is 0.216. The van der Waals surface area contributed by atoms with E-state index in [0.29, 0.717) is 21.5 Å². The molecule has 0 aliphatic rings. The van der Waals surface area contributed by atoms with Crippen LogP contribution in [-0.4, -0.2) is 51.2 Å². The minimum absolute atomic E-state index is 0.00553. The molecule has 0 fully saturated rings. The third kappa shape index (κ3) is 4.59. The van der Waals surface area contributed by atoms with Crippen LogP contribution < -0.4 is 10.6 Å². The molecule has 0 bridgehead atoms. The standard InChI is InChI=1S/C27H22N2O8/c1-12(30)29-22-10-16-8-14(27(36)37)4-6-18(16)20(24(22)32)11-19-17-5-3-13(26(34)35)7-15(17)9-21(23(19)31)25(33)28-2/h3-10,31-32H,11H2,1-2H3,(H,28,33)(H,29,30)(H,34,35)(H,36,37). The topological polar surface area (TPSA) is 173 Å². The van der Waals surface area contributed by atoms with Crippen molar-refractivity contribution in [3.05, 3.63) is 76.3 Å². The van der Waals surface area contributed by atoms with Crippen LogP contribution in [0.15, 0.2) is 48.5 Å². The fraction of sp³-hybridized carbons (Fsp3) is 0.111. The molecule has 0 radical (unpaired) electrons. The second kappa shape index (κ2) is 9.50. The van der Waals surface area contributed by atoms with Crippen LogP contribution in [-0.2, 0) is 11.2 Å². The highest BCUT2D eigenvalue weighted by atomic mass is 16.4. The number of fused-ring (bicyclic) bond motifs is 2. The molecule has 0 unspecified atom stereocenters. The maximum Gasteiger partial charge on any atom is 0.335 e. The predicted molar refractivity (Wildman–Crippen MR) is 136 cm³/mol. The molecule has 37 heavy (non-hydrogen) atoms. The third-order valence-electron chi connectivity index (χ3n) is 6.06. The number of carbonyl (C=O) groups is 4. The minimum atomic E-state index is -1.17. The van der Waals surface area contributed by atoms with Crippen LogP contribution >= 0.6 is 0 Å². The first-order chi connectivity index (χ1) is 17.5. The van der Waals surface area contributed by atoms with Gasteiger partial charge in [-0.15, -0.1) is 0 Å². The molecule has 2 amide bonds. The molecule has 4 rings (SSSR count). The number of phenolic OH excluding ortho intramolecular Hbond substituents is 2. The van der Waals surface area contributed by atoms with Crippen LogP contribution in [0.4, 0.5) is 5.69 Å². The summed E-state index contributed by atoms with van der Waals surface area (Å²) in [7, 11) is 1.38. The lowest BCUT2D eigenvalue weighted by Crippen LogP contribution is -2.18. The van der Waals surface area contributed by atoms with Crippen molar-refractivity contribution in [2.24, 2.45) is 0 Å². The molecule has 0 heterocycles. The number of anilines is 1. The number of benzene rings is 4. The first-order valence-corrected chi connectivity index (χ1v) is 11.0. The van der Waals surface area contributed by atoms with E-state index in [2.05, 4.69) is 10.6 Å². The van der Waals surface area contributed by atoms with E-state index < -0.39 is 23.8 Å². The Morgan fingerprint density at radius 2 is 1.27 bits per heavy atom. The van der Waals surface area contributed by atoms with E-state index in [1.807, 2.05) is 0 Å². The van der Waals surface area contributed by atoms with Gasteiger partial charge in [-0.25, -0.2) is 9.59 Å². The number of aromatic hydroxyl groups is 2. The van der Waals surface area contributed by atoms with Crippen molar-refractivity contribution in [3.63, 3.8) is 0 Å². The molecule has 10 heteroatoms. The van der Waals surface area contributed by atoms with E-state index >= 15 is 0 Å². The fourth-order valence-corrected chi connectivity index (χ4v) is 4.34. The lowest BCUT2D eigenvalue weighted by molar-refractivity contribution is -0.114. The van der Waals surface area contributed by atoms with E-state index in [4.69, 9.17) is 0 Å². The molecular formula is C27H22N2O8. The van der Waals surface area contributed by atoms with Gasteiger partial charge in [0.1, 0.15) is 11.5 Å². The van der Waals surface area contributed by atoms with Crippen molar-refractivity contribution in [2.75, 3.05) is 12.4 Å². The van der Waals surface area contributed by atoms with E-state index in [1.54, 1.807) is 0 Å². The molecule has 0 atom stereocenters. The smallest absolute Gasteiger partial charge is 0.335 e. The molecule has 0 aliphatic carbocycles. The van der Waals surface area contributed by atoms with Gasteiger partial charge in [0, 0.05) is 31.5 Å². The lowest BCUT2D eigenvalue weighted by atomic mass is 9.90. The molecule has 4 aromatic rings. The summed E-state index contributed by atoms with van der Waals surface area (Å²) in [5.74, 6) is -4.06. The summed E-state index contributed by atoms with van der Waals surface area (Å²) in [6.45, 7) is 1.25. The van der Waals surface area contributed by atoms with Gasteiger partial charge in [0.2, 0.25) is 5.91 Å². The van der Waals surface area contributed by atoms with E-state index in [1.165, 1.54) is 62.5 Å². The van der Waals surface area contributed by atoms with E-state index in [-0.39, 0.29) is 51.4 Å². The molecule has 0 saturated carbocycles. The van der Waals surface area contributed by atoms with Gasteiger partial charge in [0.05, 0.1) is 22.4 Å². The molecule has 6 N–H and O–H groups in total. The average molecular weight is 502 g/mol. The van der Waals surface area contributed by atoms with Gasteiger partial charge in [-0.05, 0) is 57.9 Å². The number of aromatic carboxylic acids is 2. The Kier molecular flexibility index (Phi) is 6.41. The number of hydrogen-bond donors (Lipinski definition) is 6. The van der Waals surface area contributed by atoms with Gasteiger partial charge in [0.25, 0.3) is 5.91 Å². The molecule has 0 saturated heterocycles. The molecule has 0 aliphatic heterocycles. The Bertz CT molecular complexity index is 1640. The number of carboxylic acids is 2. The summed E-state index contributed by atoms with van der Waals surface area (Å²) in [6, 6.07) is 11.3. The summed E-state index contributed by atoms with van der Waals surface area (Å²) < 4.78 is 0. The predicted octanol–water partition coefficient (Wildman–Crippen LogP) is 3.71. The number of carboxylic acid groups (broad SMARTS) is 2. The minimum Gasteiger partial charge on any atom is -0.507 e. The van der Waals surface area contributed by atoms with Gasteiger partial charge in [0.15, 0.2) is 0 Å². The zero-order valence-corrected chi connectivity index (χ0v) is 19.7. The monoisotopic (exact) mass is 502 g/mol. The lowest BCUT2D eigenvalue weighted by Gasteiger charge is -2.18. The molecular weight excluding hydrogens is 480 g/mol. The van der Waals surface area contributed by atoms with Crippen molar-refractivity contribution in [1.82, 2.24) is 5.32 Å². The van der Waals surface area contributed by atoms with E-state index in [9.17, 15) is 39.6 Å². The summed E-state index contributed by atoms with van der Waals surface area (Å²) in [5, 5.41) is 47.7. The first-order valence-electron chi connectivity index (χ1n) is 11.0. The van der Waals surface area contributed by atoms with Gasteiger partial charge in [-0.2, -0.15) is 0 Å². The number of amides is 2. The van der Waals surface area contributed by atoms with Gasteiger partial charge in [-0.3, -0.25) is 9.59 Å². The van der Waals surface area contributed by atoms with Crippen LogP contribution in [0.2, 0.25) is 0 Å². The van der Waals surface area contributed by atoms with Gasteiger partial charge < -0.3 is 31.1 Å². The van der Waals surface area contributed by atoms with Crippen LogP contribution in [0, 0.1) is 0 Å². The second-order valence-electron chi connectivity index (χ2n) is 8.42. The highest BCUT2D eigenvalue weighted by molar-refractivity contribution is 6.06. The first kappa shape index (κ1) is 25.0. The SMILES string of the molecule is CNC(=O)c1cc2cc(C(=O)O)ccc2c(Cc2c(O)c(NC(C)=O)cc3cc(C(=O)O)ccc23)c1O. The third-order valence-corrected chi connectivity index (χ3v) is 6.06. The normalized spacial score (nSPS) is 10.9. The van der Waals surface area contributed by atoms with Crippen LogP contribution in [0.5, 0.6) is 11.5 Å². The number of rotatable bonds is 6. The molecule has 0 aromatic heterocycles. The Morgan fingerprint density at radius 1 is 0.757 bits per heavy atom. The van der Waals surface area contributed by atoms with Crippen molar-refractivity contribution in [2.45, 2.75) is 13.3 Å². The van der Waals surface area contributed by atoms with Gasteiger partial charge in [-0.1, -0.05) is 12.1 Å². The average Bonchev–Trinajstić information content (AvgIpc) is 2.85. The Labute approximate surface area is 209 Å². The zero-order chi connectivity index (χ0) is 27.0. The molecule has 10 nitrogen and oxygen atoms in total. The van der Waals surface area contributed by atoms with Crippen molar-refractivity contribution < 1.29 is 39.6 Å². The molecule has 0 spiro atoms. The number of phenols is 2. The summed E-state index contributed by atoms with van der Waals surface area (Å²) in [4.78, 5) is 47.3. The second-order valence-corrected chi connectivity index (χ2v) is 8.42. The summed E-state index contributed by atoms with van der Waals surface area (Å²) in [6.07, 6.45) is -0.137. The Hall–Kier alpha value is -5.12. The highest BCUT2D eigenvalue weighted by Crippen LogP contribution is 2.41.